The molecular weight excluding hydrogens is 324 g/mol. The molecule has 3 aromatic carbocycles. The summed E-state index contributed by atoms with van der Waals surface area (Å²) in [5, 5.41) is 9.49. The molecule has 3 rings (SSSR count). The predicted molar refractivity (Wildman–Crippen MR) is 104 cm³/mol. The van der Waals surface area contributed by atoms with Crippen LogP contribution in [0.4, 0.5) is 0 Å². The predicted octanol–water partition coefficient (Wildman–Crippen LogP) is 5.72. The van der Waals surface area contributed by atoms with Crippen molar-refractivity contribution in [1.29, 1.82) is 0 Å². The first-order valence-electron chi connectivity index (χ1n) is 8.38. The first-order chi connectivity index (χ1) is 12.5. The van der Waals surface area contributed by atoms with Crippen molar-refractivity contribution in [1.82, 2.24) is 0 Å². The molecule has 0 amide bonds. The average molecular weight is 344 g/mol. The zero-order valence-electron chi connectivity index (χ0n) is 14.8. The van der Waals surface area contributed by atoms with Crippen molar-refractivity contribution in [2.24, 2.45) is 0 Å². The molecular formula is C23H20O3. The highest BCUT2D eigenvalue weighted by Gasteiger charge is 2.10. The first kappa shape index (κ1) is 17.5. The fourth-order valence-electron chi connectivity index (χ4n) is 2.60. The number of carbonyl (C=O) groups is 1. The van der Waals surface area contributed by atoms with E-state index in [0.717, 1.165) is 11.3 Å². The Hall–Kier alpha value is -3.33. The van der Waals surface area contributed by atoms with Crippen LogP contribution in [0.3, 0.4) is 0 Å². The molecule has 26 heavy (non-hydrogen) atoms. The summed E-state index contributed by atoms with van der Waals surface area (Å²) in [6, 6.07) is 22.4. The summed E-state index contributed by atoms with van der Waals surface area (Å²) < 4.78 is 5.87. The van der Waals surface area contributed by atoms with E-state index < -0.39 is 5.97 Å². The van der Waals surface area contributed by atoms with Crippen molar-refractivity contribution in [3.63, 3.8) is 0 Å². The minimum atomic E-state index is -0.952. The molecule has 0 fully saturated rings. The summed E-state index contributed by atoms with van der Waals surface area (Å²) in [7, 11) is 0. The van der Waals surface area contributed by atoms with Gasteiger partial charge in [0.1, 0.15) is 11.5 Å². The van der Waals surface area contributed by atoms with E-state index in [-0.39, 0.29) is 5.57 Å². The summed E-state index contributed by atoms with van der Waals surface area (Å²) in [5.74, 6) is 0.542. The Morgan fingerprint density at radius 1 is 0.846 bits per heavy atom. The van der Waals surface area contributed by atoms with Crippen LogP contribution in [-0.4, -0.2) is 11.1 Å². The molecule has 0 aliphatic rings. The molecule has 0 bridgehead atoms. The fourth-order valence-corrected chi connectivity index (χ4v) is 2.60. The van der Waals surface area contributed by atoms with Gasteiger partial charge in [-0.15, -0.1) is 0 Å². The maximum atomic E-state index is 11.6. The van der Waals surface area contributed by atoms with Crippen LogP contribution in [0.5, 0.6) is 11.5 Å². The standard InChI is InChI=1S/C23H20O3/c1-16-8-11-21(14-17(16)2)26-20-12-9-18(10-13-20)15-22(23(24)25)19-6-4-3-5-7-19/h3-15H,1-2H3,(H,24,25)/b22-15+. The van der Waals surface area contributed by atoms with E-state index in [1.165, 1.54) is 11.1 Å². The van der Waals surface area contributed by atoms with Gasteiger partial charge in [0.2, 0.25) is 0 Å². The molecule has 0 radical (unpaired) electrons. The second-order valence-corrected chi connectivity index (χ2v) is 6.15. The number of ether oxygens (including phenoxy) is 1. The number of carboxylic acids is 1. The minimum Gasteiger partial charge on any atom is -0.478 e. The molecule has 0 saturated heterocycles. The summed E-state index contributed by atoms with van der Waals surface area (Å²) in [5.41, 5.74) is 4.14. The van der Waals surface area contributed by atoms with Gasteiger partial charge in [0.25, 0.3) is 0 Å². The van der Waals surface area contributed by atoms with E-state index in [0.29, 0.717) is 11.3 Å². The van der Waals surface area contributed by atoms with Gasteiger partial charge in [-0.1, -0.05) is 48.5 Å². The molecule has 0 atom stereocenters. The first-order valence-corrected chi connectivity index (χ1v) is 8.38. The Kier molecular flexibility index (Phi) is 5.18. The fraction of sp³-hybridized carbons (Fsp3) is 0.0870. The van der Waals surface area contributed by atoms with Gasteiger partial charge >= 0.3 is 5.97 Å². The molecule has 0 heterocycles. The maximum absolute atomic E-state index is 11.6. The minimum absolute atomic E-state index is 0.258. The SMILES string of the molecule is Cc1ccc(Oc2ccc(/C=C(/C(=O)O)c3ccccc3)cc2)cc1C. The number of aryl methyl sites for hydroxylation is 2. The molecule has 3 heteroatoms. The van der Waals surface area contributed by atoms with E-state index >= 15 is 0 Å². The highest BCUT2D eigenvalue weighted by Crippen LogP contribution is 2.25. The number of aliphatic carboxylic acids is 1. The second kappa shape index (κ2) is 7.70. The van der Waals surface area contributed by atoms with Gasteiger partial charge in [0.15, 0.2) is 0 Å². The van der Waals surface area contributed by atoms with E-state index in [2.05, 4.69) is 6.92 Å². The van der Waals surface area contributed by atoms with Gasteiger partial charge in [-0.25, -0.2) is 4.79 Å². The van der Waals surface area contributed by atoms with Crippen molar-refractivity contribution in [2.45, 2.75) is 13.8 Å². The van der Waals surface area contributed by atoms with Gasteiger partial charge in [0, 0.05) is 0 Å². The Morgan fingerprint density at radius 3 is 2.12 bits per heavy atom. The molecule has 0 unspecified atom stereocenters. The molecule has 0 aliphatic carbocycles. The lowest BCUT2D eigenvalue weighted by Crippen LogP contribution is -1.99. The Bertz CT molecular complexity index is 939. The van der Waals surface area contributed by atoms with Gasteiger partial charge in [-0.05, 0) is 66.4 Å². The van der Waals surface area contributed by atoms with Crippen molar-refractivity contribution in [2.75, 3.05) is 0 Å². The smallest absolute Gasteiger partial charge is 0.336 e. The number of benzene rings is 3. The number of hydrogen-bond donors (Lipinski definition) is 1. The highest BCUT2D eigenvalue weighted by atomic mass is 16.5. The third-order valence-electron chi connectivity index (χ3n) is 4.22. The molecule has 130 valence electrons. The quantitative estimate of drug-likeness (QED) is 0.475. The van der Waals surface area contributed by atoms with Crippen molar-refractivity contribution in [3.05, 3.63) is 95.1 Å². The zero-order chi connectivity index (χ0) is 18.5. The average Bonchev–Trinajstić information content (AvgIpc) is 2.64. The van der Waals surface area contributed by atoms with Gasteiger partial charge in [-0.3, -0.25) is 0 Å². The summed E-state index contributed by atoms with van der Waals surface area (Å²) in [6.07, 6.45) is 1.66. The van der Waals surface area contributed by atoms with Crippen LogP contribution in [0.15, 0.2) is 72.8 Å². The lowest BCUT2D eigenvalue weighted by atomic mass is 10.0. The van der Waals surface area contributed by atoms with Gasteiger partial charge < -0.3 is 9.84 Å². The third kappa shape index (κ3) is 4.19. The topological polar surface area (TPSA) is 46.5 Å². The van der Waals surface area contributed by atoms with Crippen LogP contribution >= 0.6 is 0 Å². The van der Waals surface area contributed by atoms with Gasteiger partial charge in [-0.2, -0.15) is 0 Å². The van der Waals surface area contributed by atoms with Crippen LogP contribution in [0.25, 0.3) is 11.6 Å². The maximum Gasteiger partial charge on any atom is 0.336 e. The van der Waals surface area contributed by atoms with Crippen LogP contribution in [-0.2, 0) is 4.79 Å². The molecule has 0 saturated carbocycles. The molecule has 0 aromatic heterocycles. The number of carboxylic acid groups (broad SMARTS) is 1. The Balaban J connectivity index is 1.82. The lowest BCUT2D eigenvalue weighted by molar-refractivity contribution is -0.130. The van der Waals surface area contributed by atoms with Crippen molar-refractivity contribution >= 4 is 17.6 Å². The Morgan fingerprint density at radius 2 is 1.50 bits per heavy atom. The number of rotatable bonds is 5. The third-order valence-corrected chi connectivity index (χ3v) is 4.22. The molecule has 3 nitrogen and oxygen atoms in total. The molecule has 3 aromatic rings. The van der Waals surface area contributed by atoms with Gasteiger partial charge in [0.05, 0.1) is 5.57 Å². The van der Waals surface area contributed by atoms with Crippen LogP contribution in [0.2, 0.25) is 0 Å². The summed E-state index contributed by atoms with van der Waals surface area (Å²) in [6.45, 7) is 4.11. The van der Waals surface area contributed by atoms with Crippen molar-refractivity contribution < 1.29 is 14.6 Å². The van der Waals surface area contributed by atoms with Crippen molar-refractivity contribution in [3.8, 4) is 11.5 Å². The molecule has 0 spiro atoms. The lowest BCUT2D eigenvalue weighted by Gasteiger charge is -2.08. The monoisotopic (exact) mass is 344 g/mol. The molecule has 0 aliphatic heterocycles. The van der Waals surface area contributed by atoms with E-state index in [4.69, 9.17) is 4.74 Å². The van der Waals surface area contributed by atoms with E-state index in [1.807, 2.05) is 67.6 Å². The summed E-state index contributed by atoms with van der Waals surface area (Å²) in [4.78, 5) is 11.6. The normalized spacial score (nSPS) is 11.2. The van der Waals surface area contributed by atoms with Crippen LogP contribution in [0, 0.1) is 13.8 Å². The molecule has 1 N–H and O–H groups in total. The largest absolute Gasteiger partial charge is 0.478 e. The summed E-state index contributed by atoms with van der Waals surface area (Å²) >= 11 is 0. The second-order valence-electron chi connectivity index (χ2n) is 6.15. The van der Waals surface area contributed by atoms with E-state index in [1.54, 1.807) is 18.2 Å². The Labute approximate surface area is 153 Å². The van der Waals surface area contributed by atoms with E-state index in [9.17, 15) is 9.90 Å². The zero-order valence-corrected chi connectivity index (χ0v) is 14.8. The van der Waals surface area contributed by atoms with Crippen LogP contribution < -0.4 is 4.74 Å². The number of hydrogen-bond acceptors (Lipinski definition) is 2. The van der Waals surface area contributed by atoms with Crippen LogP contribution in [0.1, 0.15) is 22.3 Å². The highest BCUT2D eigenvalue weighted by molar-refractivity contribution is 6.20.